The highest BCUT2D eigenvalue weighted by molar-refractivity contribution is 6.31. The number of halogens is 1. The van der Waals surface area contributed by atoms with Crippen molar-refractivity contribution in [3.63, 3.8) is 0 Å². The predicted octanol–water partition coefficient (Wildman–Crippen LogP) is 3.40. The maximum atomic E-state index is 6.27. The third kappa shape index (κ3) is 7.22. The standard InChI is InChI=1S/C19H30ClN3O2/c1-3-21-19(23-15(2)17-7-4-5-8-18(17)20)22-10-6-11-24-13-16-9-12-25-14-16/h4-5,7-8,15-16H,3,6,9-14H2,1-2H3,(H2,21,22,23). The molecule has 140 valence electrons. The normalized spacial score (nSPS) is 19.0. The second kappa shape index (κ2) is 11.3. The van der Waals surface area contributed by atoms with E-state index >= 15 is 0 Å². The molecule has 5 nitrogen and oxygen atoms in total. The summed E-state index contributed by atoms with van der Waals surface area (Å²) < 4.78 is 11.1. The summed E-state index contributed by atoms with van der Waals surface area (Å²) in [6, 6.07) is 7.96. The first-order valence-electron chi connectivity index (χ1n) is 9.15. The number of ether oxygens (including phenoxy) is 2. The summed E-state index contributed by atoms with van der Waals surface area (Å²) in [4.78, 5) is 4.62. The Morgan fingerprint density at radius 1 is 1.44 bits per heavy atom. The summed E-state index contributed by atoms with van der Waals surface area (Å²) in [5.74, 6) is 1.37. The van der Waals surface area contributed by atoms with Gasteiger partial charge in [0, 0.05) is 37.2 Å². The molecule has 1 aromatic rings. The molecule has 0 aromatic heterocycles. The van der Waals surface area contributed by atoms with Gasteiger partial charge in [0.05, 0.1) is 19.3 Å². The number of rotatable bonds is 9. The third-order valence-corrected chi connectivity index (χ3v) is 4.51. The zero-order chi connectivity index (χ0) is 17.9. The number of nitrogens with one attached hydrogen (secondary N) is 2. The summed E-state index contributed by atoms with van der Waals surface area (Å²) in [6.07, 6.45) is 2.03. The fourth-order valence-electron chi connectivity index (χ4n) is 2.75. The van der Waals surface area contributed by atoms with Crippen LogP contribution in [0.15, 0.2) is 29.3 Å². The van der Waals surface area contributed by atoms with E-state index in [-0.39, 0.29) is 6.04 Å². The maximum Gasteiger partial charge on any atom is 0.191 e. The van der Waals surface area contributed by atoms with Gasteiger partial charge in [0.25, 0.3) is 0 Å². The summed E-state index contributed by atoms with van der Waals surface area (Å²) >= 11 is 6.27. The van der Waals surface area contributed by atoms with E-state index < -0.39 is 0 Å². The Morgan fingerprint density at radius 3 is 3.00 bits per heavy atom. The molecule has 0 spiro atoms. The number of hydrogen-bond donors (Lipinski definition) is 2. The van der Waals surface area contributed by atoms with Gasteiger partial charge in [0.15, 0.2) is 5.96 Å². The van der Waals surface area contributed by atoms with Crippen LogP contribution < -0.4 is 10.6 Å². The average Bonchev–Trinajstić information content (AvgIpc) is 3.11. The fourth-order valence-corrected chi connectivity index (χ4v) is 3.05. The van der Waals surface area contributed by atoms with Crippen LogP contribution in [-0.4, -0.2) is 45.5 Å². The number of hydrogen-bond acceptors (Lipinski definition) is 3. The van der Waals surface area contributed by atoms with Crippen LogP contribution in [-0.2, 0) is 9.47 Å². The Hall–Kier alpha value is -1.30. The number of benzene rings is 1. The molecular formula is C19H30ClN3O2. The molecule has 2 unspecified atom stereocenters. The molecule has 1 fully saturated rings. The van der Waals surface area contributed by atoms with Gasteiger partial charge in [-0.15, -0.1) is 0 Å². The van der Waals surface area contributed by atoms with Crippen LogP contribution in [0.1, 0.15) is 38.3 Å². The van der Waals surface area contributed by atoms with E-state index in [9.17, 15) is 0 Å². The van der Waals surface area contributed by atoms with Crippen LogP contribution in [0.2, 0.25) is 5.02 Å². The molecule has 1 aliphatic rings. The van der Waals surface area contributed by atoms with Crippen molar-refractivity contribution in [1.82, 2.24) is 10.6 Å². The monoisotopic (exact) mass is 367 g/mol. The minimum Gasteiger partial charge on any atom is -0.381 e. The SMILES string of the molecule is CCNC(=NCCCOCC1CCOC1)NC(C)c1ccccc1Cl. The van der Waals surface area contributed by atoms with Crippen LogP contribution in [0.5, 0.6) is 0 Å². The molecule has 0 amide bonds. The van der Waals surface area contributed by atoms with Crippen molar-refractivity contribution in [3.8, 4) is 0 Å². The molecule has 2 rings (SSSR count). The molecule has 6 heteroatoms. The third-order valence-electron chi connectivity index (χ3n) is 4.16. The molecule has 1 aliphatic heterocycles. The Morgan fingerprint density at radius 2 is 2.28 bits per heavy atom. The van der Waals surface area contributed by atoms with Gasteiger partial charge in [-0.1, -0.05) is 29.8 Å². The van der Waals surface area contributed by atoms with Gasteiger partial charge in [-0.25, -0.2) is 0 Å². The minimum atomic E-state index is 0.0881. The molecule has 0 aliphatic carbocycles. The van der Waals surface area contributed by atoms with Crippen molar-refractivity contribution in [2.45, 2.75) is 32.7 Å². The summed E-state index contributed by atoms with van der Waals surface area (Å²) in [7, 11) is 0. The lowest BCUT2D eigenvalue weighted by Gasteiger charge is -2.19. The zero-order valence-corrected chi connectivity index (χ0v) is 16.0. The first-order chi connectivity index (χ1) is 12.2. The predicted molar refractivity (Wildman–Crippen MR) is 103 cm³/mol. The van der Waals surface area contributed by atoms with Gasteiger partial charge >= 0.3 is 0 Å². The molecule has 0 bridgehead atoms. The highest BCUT2D eigenvalue weighted by Crippen LogP contribution is 2.21. The molecule has 1 saturated heterocycles. The van der Waals surface area contributed by atoms with E-state index in [1.54, 1.807) is 0 Å². The summed E-state index contributed by atoms with van der Waals surface area (Å²) in [5.41, 5.74) is 1.07. The van der Waals surface area contributed by atoms with E-state index in [1.807, 2.05) is 24.3 Å². The van der Waals surface area contributed by atoms with Gasteiger partial charge < -0.3 is 20.1 Å². The van der Waals surface area contributed by atoms with Gasteiger partial charge in [-0.05, 0) is 38.3 Å². The lowest BCUT2D eigenvalue weighted by Crippen LogP contribution is -2.39. The van der Waals surface area contributed by atoms with E-state index in [2.05, 4.69) is 29.5 Å². The molecule has 25 heavy (non-hydrogen) atoms. The Kier molecular flexibility index (Phi) is 9.08. The summed E-state index contributed by atoms with van der Waals surface area (Å²) in [6.45, 7) is 8.94. The van der Waals surface area contributed by atoms with Crippen LogP contribution in [0, 0.1) is 5.92 Å². The summed E-state index contributed by atoms with van der Waals surface area (Å²) in [5, 5.41) is 7.45. The van der Waals surface area contributed by atoms with E-state index in [1.165, 1.54) is 0 Å². The smallest absolute Gasteiger partial charge is 0.191 e. The highest BCUT2D eigenvalue weighted by Gasteiger charge is 2.15. The largest absolute Gasteiger partial charge is 0.381 e. The molecule has 0 radical (unpaired) electrons. The van der Waals surface area contributed by atoms with Crippen molar-refractivity contribution in [2.24, 2.45) is 10.9 Å². The van der Waals surface area contributed by atoms with Gasteiger partial charge in [0.2, 0.25) is 0 Å². The maximum absolute atomic E-state index is 6.27. The lowest BCUT2D eigenvalue weighted by molar-refractivity contribution is 0.0893. The van der Waals surface area contributed by atoms with Crippen molar-refractivity contribution in [3.05, 3.63) is 34.9 Å². The Balaban J connectivity index is 1.72. The molecular weight excluding hydrogens is 338 g/mol. The molecule has 0 saturated carbocycles. The van der Waals surface area contributed by atoms with Crippen molar-refractivity contribution < 1.29 is 9.47 Å². The van der Waals surface area contributed by atoms with Gasteiger partial charge in [0.1, 0.15) is 0 Å². The molecule has 1 aromatic carbocycles. The molecule has 1 heterocycles. The fraction of sp³-hybridized carbons (Fsp3) is 0.632. The van der Waals surface area contributed by atoms with Crippen LogP contribution in [0.4, 0.5) is 0 Å². The van der Waals surface area contributed by atoms with Crippen LogP contribution >= 0.6 is 11.6 Å². The van der Waals surface area contributed by atoms with Gasteiger partial charge in [-0.3, -0.25) is 4.99 Å². The van der Waals surface area contributed by atoms with Crippen molar-refractivity contribution in [1.29, 1.82) is 0 Å². The van der Waals surface area contributed by atoms with E-state index in [0.29, 0.717) is 5.92 Å². The van der Waals surface area contributed by atoms with Crippen LogP contribution in [0.3, 0.4) is 0 Å². The Bertz CT molecular complexity index is 533. The minimum absolute atomic E-state index is 0.0881. The number of aliphatic imine (C=N–C) groups is 1. The molecule has 2 N–H and O–H groups in total. The number of guanidine groups is 1. The first kappa shape index (κ1) is 20.0. The van der Waals surface area contributed by atoms with E-state index in [4.69, 9.17) is 21.1 Å². The van der Waals surface area contributed by atoms with Crippen molar-refractivity contribution in [2.75, 3.05) is 39.5 Å². The second-order valence-corrected chi connectivity index (χ2v) is 6.71. The zero-order valence-electron chi connectivity index (χ0n) is 15.3. The topological polar surface area (TPSA) is 54.9 Å². The molecule has 2 atom stereocenters. The average molecular weight is 368 g/mol. The highest BCUT2D eigenvalue weighted by atomic mass is 35.5. The second-order valence-electron chi connectivity index (χ2n) is 6.31. The van der Waals surface area contributed by atoms with Crippen LogP contribution in [0.25, 0.3) is 0 Å². The Labute approximate surface area is 156 Å². The number of nitrogens with zero attached hydrogens (tertiary/aromatic N) is 1. The quantitative estimate of drug-likeness (QED) is 0.399. The lowest BCUT2D eigenvalue weighted by atomic mass is 10.1. The van der Waals surface area contributed by atoms with Crippen molar-refractivity contribution >= 4 is 17.6 Å². The first-order valence-corrected chi connectivity index (χ1v) is 9.53. The van der Waals surface area contributed by atoms with Gasteiger partial charge in [-0.2, -0.15) is 0 Å². The van der Waals surface area contributed by atoms with E-state index in [0.717, 1.165) is 68.9 Å².